The van der Waals surface area contributed by atoms with E-state index in [1.807, 2.05) is 18.2 Å². The van der Waals surface area contributed by atoms with Crippen LogP contribution in [-0.4, -0.2) is 11.7 Å². The molecule has 1 nitrogen and oxygen atoms in total. The molecule has 0 radical (unpaired) electrons. The van der Waals surface area contributed by atoms with Crippen LogP contribution in [0.25, 0.3) is 0 Å². The van der Waals surface area contributed by atoms with Gasteiger partial charge in [0.2, 0.25) is 0 Å². The van der Waals surface area contributed by atoms with Gasteiger partial charge in [-0.1, -0.05) is 0 Å². The van der Waals surface area contributed by atoms with Gasteiger partial charge in [0.25, 0.3) is 0 Å². The molecule has 4 heteroatoms. The lowest BCUT2D eigenvalue weighted by Gasteiger charge is -2.00. The Morgan fingerprint density at radius 1 is 1.23 bits per heavy atom. The summed E-state index contributed by atoms with van der Waals surface area (Å²) in [7, 11) is 0. The van der Waals surface area contributed by atoms with Gasteiger partial charge in [-0.2, -0.15) is 0 Å². The van der Waals surface area contributed by atoms with E-state index in [0.717, 1.165) is 12.7 Å². The highest BCUT2D eigenvalue weighted by Crippen LogP contribution is 2.15. The van der Waals surface area contributed by atoms with E-state index in [1.54, 1.807) is 0 Å². The predicted octanol–water partition coefficient (Wildman–Crippen LogP) is 3.71. The van der Waals surface area contributed by atoms with Gasteiger partial charge in [-0.25, -0.2) is 0 Å². The maximum Gasteiger partial charge on any atom is 0.164 e. The molecule has 0 aliphatic carbocycles. The van der Waals surface area contributed by atoms with Crippen LogP contribution < -0.4 is 0 Å². The highest BCUT2D eigenvalue weighted by atomic mass is 127. The van der Waals surface area contributed by atoms with Gasteiger partial charge in [-0.15, -0.1) is 11.6 Å². The topological polar surface area (TPSA) is 17.1 Å². The minimum atomic E-state index is 0.117. The summed E-state index contributed by atoms with van der Waals surface area (Å²) >= 11 is 9.91. The van der Waals surface area contributed by atoms with Crippen molar-refractivity contribution in [2.24, 2.45) is 0 Å². The Labute approximate surface area is 110 Å². The number of carbonyl (C=O) groups excluding carboxylic acids is 1. The molecule has 0 unspecified atom stereocenters. The molecule has 1 aromatic carbocycles. The Morgan fingerprint density at radius 3 is 2.23 bits per heavy atom. The molecule has 70 valence electrons. The average molecular weight is 420 g/mol. The summed E-state index contributed by atoms with van der Waals surface area (Å²) in [6.07, 6.45) is 0.414. The molecular weight excluding hydrogens is 413 g/mol. The fourth-order valence-corrected chi connectivity index (χ4v) is 3.05. The van der Waals surface area contributed by atoms with E-state index in [-0.39, 0.29) is 5.78 Å². The van der Waals surface area contributed by atoms with Gasteiger partial charge in [0, 0.05) is 25.0 Å². The van der Waals surface area contributed by atoms with Gasteiger partial charge < -0.3 is 0 Å². The molecule has 0 fully saturated rings. The summed E-state index contributed by atoms with van der Waals surface area (Å²) in [5.41, 5.74) is 0.761. The third-order valence-corrected chi connectivity index (χ3v) is 2.94. The highest BCUT2D eigenvalue weighted by Gasteiger charge is 2.06. The standard InChI is InChI=1S/C9H7ClI2O/c10-2-1-9(13)6-3-7(11)5-8(12)4-6/h3-5H,1-2H2. The van der Waals surface area contributed by atoms with Crippen molar-refractivity contribution in [3.8, 4) is 0 Å². The third-order valence-electron chi connectivity index (χ3n) is 1.51. The predicted molar refractivity (Wildman–Crippen MR) is 71.5 cm³/mol. The largest absolute Gasteiger partial charge is 0.294 e. The van der Waals surface area contributed by atoms with E-state index < -0.39 is 0 Å². The normalized spacial score (nSPS) is 10.1. The molecule has 1 aromatic rings. The van der Waals surface area contributed by atoms with Gasteiger partial charge in [0.05, 0.1) is 0 Å². The Bertz CT molecular complexity index is 305. The number of carbonyl (C=O) groups is 1. The first-order valence-corrected chi connectivity index (χ1v) is 6.38. The van der Waals surface area contributed by atoms with Crippen molar-refractivity contribution in [2.75, 3.05) is 5.88 Å². The summed E-state index contributed by atoms with van der Waals surface area (Å²) in [4.78, 5) is 11.5. The fourth-order valence-electron chi connectivity index (χ4n) is 0.945. The van der Waals surface area contributed by atoms with Crippen LogP contribution in [0.1, 0.15) is 16.8 Å². The maximum absolute atomic E-state index is 11.5. The number of hydrogen-bond donors (Lipinski definition) is 0. The molecule has 0 heterocycles. The lowest BCUT2D eigenvalue weighted by atomic mass is 10.1. The van der Waals surface area contributed by atoms with Gasteiger partial charge in [-0.3, -0.25) is 4.79 Å². The molecule has 13 heavy (non-hydrogen) atoms. The van der Waals surface area contributed by atoms with Crippen molar-refractivity contribution in [2.45, 2.75) is 6.42 Å². The molecule has 0 saturated carbocycles. The lowest BCUT2D eigenvalue weighted by Crippen LogP contribution is -2.00. The van der Waals surface area contributed by atoms with E-state index >= 15 is 0 Å². The van der Waals surface area contributed by atoms with Crippen molar-refractivity contribution in [3.63, 3.8) is 0 Å². The number of alkyl halides is 1. The second kappa shape index (κ2) is 5.50. The van der Waals surface area contributed by atoms with E-state index in [9.17, 15) is 4.79 Å². The Kier molecular flexibility index (Phi) is 4.96. The molecular formula is C9H7ClI2O. The quantitative estimate of drug-likeness (QED) is 0.414. The first-order chi connectivity index (χ1) is 6.13. The summed E-state index contributed by atoms with van der Waals surface area (Å²) in [5.74, 6) is 0.507. The highest BCUT2D eigenvalue weighted by molar-refractivity contribution is 14.1. The van der Waals surface area contributed by atoms with Crippen LogP contribution in [0.5, 0.6) is 0 Å². The maximum atomic E-state index is 11.5. The van der Waals surface area contributed by atoms with Crippen LogP contribution >= 0.6 is 56.8 Å². The van der Waals surface area contributed by atoms with Gasteiger partial charge in [-0.05, 0) is 63.4 Å². The molecule has 0 bridgehead atoms. The van der Waals surface area contributed by atoms with E-state index in [0.29, 0.717) is 12.3 Å². The second-order valence-corrected chi connectivity index (χ2v) is 5.39. The fraction of sp³-hybridized carbons (Fsp3) is 0.222. The number of Topliss-reactive ketones (excluding diaryl/α,β-unsaturated/α-hetero) is 1. The molecule has 0 spiro atoms. The van der Waals surface area contributed by atoms with Crippen LogP contribution in [0.15, 0.2) is 18.2 Å². The smallest absolute Gasteiger partial charge is 0.164 e. The molecule has 0 amide bonds. The number of halogens is 3. The van der Waals surface area contributed by atoms with E-state index in [2.05, 4.69) is 45.2 Å². The minimum absolute atomic E-state index is 0.117. The molecule has 1 rings (SSSR count). The van der Waals surface area contributed by atoms with Crippen LogP contribution in [0.3, 0.4) is 0 Å². The molecule has 0 aromatic heterocycles. The summed E-state index contributed by atoms with van der Waals surface area (Å²) in [6, 6.07) is 5.80. The molecule has 0 atom stereocenters. The van der Waals surface area contributed by atoms with Crippen molar-refractivity contribution >= 4 is 62.6 Å². The summed E-state index contributed by atoms with van der Waals surface area (Å²) < 4.78 is 2.17. The summed E-state index contributed by atoms with van der Waals surface area (Å²) in [5, 5.41) is 0. The number of rotatable bonds is 3. The van der Waals surface area contributed by atoms with Crippen molar-refractivity contribution < 1.29 is 4.79 Å². The number of benzene rings is 1. The van der Waals surface area contributed by atoms with Gasteiger partial charge in [0.15, 0.2) is 5.78 Å². The van der Waals surface area contributed by atoms with E-state index in [1.165, 1.54) is 0 Å². The number of hydrogen-bond acceptors (Lipinski definition) is 1. The Balaban J connectivity index is 2.94. The summed E-state index contributed by atoms with van der Waals surface area (Å²) in [6.45, 7) is 0. The zero-order valence-corrected chi connectivity index (χ0v) is 11.8. The lowest BCUT2D eigenvalue weighted by molar-refractivity contribution is 0.0989. The van der Waals surface area contributed by atoms with Gasteiger partial charge >= 0.3 is 0 Å². The molecule has 0 N–H and O–H groups in total. The van der Waals surface area contributed by atoms with Crippen molar-refractivity contribution in [1.82, 2.24) is 0 Å². The monoisotopic (exact) mass is 420 g/mol. The van der Waals surface area contributed by atoms with E-state index in [4.69, 9.17) is 11.6 Å². The SMILES string of the molecule is O=C(CCCl)c1cc(I)cc(I)c1. The van der Waals surface area contributed by atoms with Crippen LogP contribution in [0.4, 0.5) is 0 Å². The van der Waals surface area contributed by atoms with Gasteiger partial charge in [0.1, 0.15) is 0 Å². The average Bonchev–Trinajstić information content (AvgIpc) is 2.03. The molecule has 0 aliphatic heterocycles. The van der Waals surface area contributed by atoms with Crippen LogP contribution in [0, 0.1) is 7.14 Å². The van der Waals surface area contributed by atoms with Crippen molar-refractivity contribution in [3.05, 3.63) is 30.9 Å². The molecule has 0 saturated heterocycles. The third kappa shape index (κ3) is 3.71. The first-order valence-electron chi connectivity index (χ1n) is 3.68. The Morgan fingerprint density at radius 2 is 1.77 bits per heavy atom. The first kappa shape index (κ1) is 11.7. The number of ketones is 1. The Hall–Kier alpha value is 0.640. The second-order valence-electron chi connectivity index (χ2n) is 2.52. The molecule has 0 aliphatic rings. The zero-order chi connectivity index (χ0) is 9.84. The van der Waals surface area contributed by atoms with Crippen molar-refractivity contribution in [1.29, 1.82) is 0 Å². The van der Waals surface area contributed by atoms with Crippen LogP contribution in [0.2, 0.25) is 0 Å². The zero-order valence-electron chi connectivity index (χ0n) is 6.69. The van der Waals surface area contributed by atoms with Crippen LogP contribution in [-0.2, 0) is 0 Å². The minimum Gasteiger partial charge on any atom is -0.294 e.